The molecule has 7 rings (SSSR count). The van der Waals surface area contributed by atoms with Crippen molar-refractivity contribution in [3.63, 3.8) is 0 Å². The van der Waals surface area contributed by atoms with Crippen LogP contribution in [0.4, 0.5) is 5.69 Å². The lowest BCUT2D eigenvalue weighted by atomic mass is 9.85. The topological polar surface area (TPSA) is 101 Å². The van der Waals surface area contributed by atoms with E-state index in [1.807, 2.05) is 42.5 Å². The van der Waals surface area contributed by atoms with Crippen LogP contribution in [-0.4, -0.2) is 45.0 Å². The fourth-order valence-corrected chi connectivity index (χ4v) is 6.48. The van der Waals surface area contributed by atoms with Crippen LogP contribution in [-0.2, 0) is 0 Å². The normalized spacial score (nSPS) is 14.0. The quantitative estimate of drug-likeness (QED) is 0.119. The van der Waals surface area contributed by atoms with Crippen LogP contribution in [0.15, 0.2) is 91.3 Å². The number of aromatic nitrogens is 2. The first-order valence-electron chi connectivity index (χ1n) is 15.8. The van der Waals surface area contributed by atoms with E-state index in [4.69, 9.17) is 0 Å². The molecule has 2 aliphatic heterocycles. The summed E-state index contributed by atoms with van der Waals surface area (Å²) in [5.74, 6) is -1.75. The van der Waals surface area contributed by atoms with Crippen LogP contribution >= 0.6 is 0 Å². The molecule has 8 heteroatoms. The van der Waals surface area contributed by atoms with Crippen LogP contribution in [0.2, 0.25) is 0 Å². The Morgan fingerprint density at radius 1 is 0.543 bits per heavy atom. The Morgan fingerprint density at radius 3 is 1.74 bits per heavy atom. The van der Waals surface area contributed by atoms with Crippen LogP contribution in [0, 0.1) is 0 Å². The van der Waals surface area contributed by atoms with Gasteiger partial charge in [0.05, 0.1) is 17.1 Å². The maximum absolute atomic E-state index is 13.9. The summed E-state index contributed by atoms with van der Waals surface area (Å²) < 4.78 is 0. The Labute approximate surface area is 266 Å². The van der Waals surface area contributed by atoms with Crippen LogP contribution in [0.5, 0.6) is 0 Å². The van der Waals surface area contributed by atoms with Gasteiger partial charge in [-0.05, 0) is 78.2 Å². The van der Waals surface area contributed by atoms with Crippen molar-refractivity contribution in [1.29, 1.82) is 0 Å². The molecule has 0 saturated heterocycles. The highest BCUT2D eigenvalue weighted by molar-refractivity contribution is 6.39. The van der Waals surface area contributed by atoms with Gasteiger partial charge in [-0.1, -0.05) is 57.2 Å². The summed E-state index contributed by atoms with van der Waals surface area (Å²) in [5, 5.41) is 0.764. The molecular weight excluding hydrogens is 576 g/mol. The van der Waals surface area contributed by atoms with Gasteiger partial charge in [0.25, 0.3) is 23.6 Å². The molecule has 4 amide bonds. The van der Waals surface area contributed by atoms with E-state index in [0.717, 1.165) is 59.5 Å². The predicted molar refractivity (Wildman–Crippen MR) is 177 cm³/mol. The molecule has 2 aromatic heterocycles. The van der Waals surface area contributed by atoms with Gasteiger partial charge in [-0.2, -0.15) is 0 Å². The number of carbonyl (C=O) groups is 4. The monoisotopic (exact) mass is 608 g/mol. The first-order chi connectivity index (χ1) is 22.5. The van der Waals surface area contributed by atoms with Crippen molar-refractivity contribution < 1.29 is 19.2 Å². The van der Waals surface area contributed by atoms with E-state index in [1.165, 1.54) is 11.3 Å². The van der Waals surface area contributed by atoms with Gasteiger partial charge in [-0.15, -0.1) is 0 Å². The molecule has 0 spiro atoms. The van der Waals surface area contributed by atoms with E-state index in [1.54, 1.807) is 48.8 Å². The molecule has 228 valence electrons. The molecule has 0 fully saturated rings. The van der Waals surface area contributed by atoms with Crippen molar-refractivity contribution in [2.75, 3.05) is 11.4 Å². The number of amides is 4. The molecule has 0 bridgehead atoms. The molecule has 3 aromatic carbocycles. The zero-order chi connectivity index (χ0) is 31.8. The molecule has 0 atom stereocenters. The molecule has 5 aromatic rings. The SMILES string of the molecule is CCCCCCCCN1C(=O)c2ccc3c4c(ccc(c24)C1=O)C(=O)N(c1ccc(-c2ccnc(-c4ccccn4)c2)cc1)C3=O. The molecular formula is C38H32N4O4. The van der Waals surface area contributed by atoms with Crippen molar-refractivity contribution in [3.05, 3.63) is 114 Å². The number of nitrogens with zero attached hydrogens (tertiary/aromatic N) is 4. The third kappa shape index (κ3) is 4.96. The number of rotatable bonds is 10. The highest BCUT2D eigenvalue weighted by Crippen LogP contribution is 2.39. The van der Waals surface area contributed by atoms with Crippen LogP contribution in [0.3, 0.4) is 0 Å². The summed E-state index contributed by atoms with van der Waals surface area (Å²) >= 11 is 0. The lowest BCUT2D eigenvalue weighted by Crippen LogP contribution is -2.43. The van der Waals surface area contributed by atoms with E-state index in [-0.39, 0.29) is 11.8 Å². The first-order valence-corrected chi connectivity index (χ1v) is 15.8. The number of benzene rings is 3. The third-order valence-electron chi connectivity index (χ3n) is 8.86. The van der Waals surface area contributed by atoms with Gasteiger partial charge in [0.15, 0.2) is 0 Å². The fourth-order valence-electron chi connectivity index (χ4n) is 6.48. The third-order valence-corrected chi connectivity index (χ3v) is 8.86. The van der Waals surface area contributed by atoms with Crippen LogP contribution < -0.4 is 4.90 Å². The minimum atomic E-state index is -0.496. The van der Waals surface area contributed by atoms with E-state index in [9.17, 15) is 19.2 Å². The average molecular weight is 609 g/mol. The summed E-state index contributed by atoms with van der Waals surface area (Å²) in [6, 6.07) is 23.1. The molecule has 46 heavy (non-hydrogen) atoms. The number of anilines is 1. The van der Waals surface area contributed by atoms with Crippen molar-refractivity contribution in [2.45, 2.75) is 45.4 Å². The number of pyridine rings is 2. The number of hydrogen-bond donors (Lipinski definition) is 0. The molecule has 0 aliphatic carbocycles. The average Bonchev–Trinajstić information content (AvgIpc) is 3.09. The van der Waals surface area contributed by atoms with Crippen molar-refractivity contribution in [3.8, 4) is 22.5 Å². The largest absolute Gasteiger partial charge is 0.274 e. The van der Waals surface area contributed by atoms with Gasteiger partial charge in [0.2, 0.25) is 0 Å². The van der Waals surface area contributed by atoms with Crippen molar-refractivity contribution >= 4 is 40.1 Å². The Hall–Kier alpha value is -5.50. The minimum absolute atomic E-state index is 0.290. The molecule has 0 unspecified atom stereocenters. The summed E-state index contributed by atoms with van der Waals surface area (Å²) in [6.07, 6.45) is 9.70. The predicted octanol–water partition coefficient (Wildman–Crippen LogP) is 7.72. The number of imide groups is 2. The van der Waals surface area contributed by atoms with Gasteiger partial charge in [-0.25, -0.2) is 4.90 Å². The zero-order valence-electron chi connectivity index (χ0n) is 25.5. The van der Waals surface area contributed by atoms with Gasteiger partial charge >= 0.3 is 0 Å². The molecule has 0 saturated carbocycles. The first kappa shape index (κ1) is 29.2. The lowest BCUT2D eigenvalue weighted by molar-refractivity contribution is 0.0606. The van der Waals surface area contributed by atoms with E-state index < -0.39 is 11.8 Å². The van der Waals surface area contributed by atoms with E-state index in [0.29, 0.717) is 45.3 Å². The van der Waals surface area contributed by atoms with Crippen molar-refractivity contribution in [2.24, 2.45) is 0 Å². The van der Waals surface area contributed by atoms with Crippen molar-refractivity contribution in [1.82, 2.24) is 14.9 Å². The second-order valence-electron chi connectivity index (χ2n) is 11.7. The molecule has 2 aliphatic rings. The summed E-state index contributed by atoms with van der Waals surface area (Å²) in [7, 11) is 0. The van der Waals surface area contributed by atoms with Crippen LogP contribution in [0.1, 0.15) is 86.9 Å². The minimum Gasteiger partial charge on any atom is -0.274 e. The molecule has 4 heterocycles. The number of unbranched alkanes of at least 4 members (excludes halogenated alkanes) is 5. The number of carbonyl (C=O) groups excluding carboxylic acids is 4. The van der Waals surface area contributed by atoms with Gasteiger partial charge < -0.3 is 0 Å². The van der Waals surface area contributed by atoms with Gasteiger partial charge in [-0.3, -0.25) is 34.0 Å². The zero-order valence-corrected chi connectivity index (χ0v) is 25.5. The Bertz CT molecular complexity index is 1950. The van der Waals surface area contributed by atoms with Crippen LogP contribution in [0.25, 0.3) is 33.3 Å². The van der Waals surface area contributed by atoms with E-state index in [2.05, 4.69) is 16.9 Å². The highest BCUT2D eigenvalue weighted by atomic mass is 16.2. The highest BCUT2D eigenvalue weighted by Gasteiger charge is 2.40. The second kappa shape index (κ2) is 12.1. The number of hydrogen-bond acceptors (Lipinski definition) is 6. The van der Waals surface area contributed by atoms with Gasteiger partial charge in [0.1, 0.15) is 0 Å². The maximum atomic E-state index is 13.9. The Kier molecular flexibility index (Phi) is 7.70. The maximum Gasteiger partial charge on any atom is 0.265 e. The lowest BCUT2D eigenvalue weighted by Gasteiger charge is -2.32. The Morgan fingerprint density at radius 2 is 1.13 bits per heavy atom. The molecule has 8 nitrogen and oxygen atoms in total. The second-order valence-corrected chi connectivity index (χ2v) is 11.7. The standard InChI is InChI=1S/C38H32N4O4/c1-2-3-4-5-6-9-22-41-35(43)27-15-17-29-34-30(18-16-28(33(27)34)36(41)44)38(46)42(37(29)45)26-13-11-24(12-14-26)25-19-21-40-32(23-25)31-10-7-8-20-39-31/h7-8,10-21,23H,2-6,9,22H2,1H3. The van der Waals surface area contributed by atoms with E-state index >= 15 is 0 Å². The summed E-state index contributed by atoms with van der Waals surface area (Å²) in [4.78, 5) is 66.1. The fraction of sp³-hybridized carbons (Fsp3) is 0.211. The Balaban J connectivity index is 1.17. The molecule has 0 N–H and O–H groups in total. The summed E-state index contributed by atoms with van der Waals surface area (Å²) in [6.45, 7) is 2.51. The smallest absolute Gasteiger partial charge is 0.265 e. The van der Waals surface area contributed by atoms with Gasteiger partial charge in [0, 0.05) is 52.0 Å². The summed E-state index contributed by atoms with van der Waals surface area (Å²) in [5.41, 5.74) is 5.01. The molecule has 0 radical (unpaired) electrons.